The summed E-state index contributed by atoms with van der Waals surface area (Å²) in [6.07, 6.45) is 3.70. The molecule has 1 aromatic heterocycles. The number of para-hydroxylation sites is 1. The highest BCUT2D eigenvalue weighted by Gasteiger charge is 2.20. The molecule has 1 aromatic carbocycles. The lowest BCUT2D eigenvalue weighted by atomic mass is 10.2. The molecule has 0 bridgehead atoms. The average molecular weight is 299 g/mol. The van der Waals surface area contributed by atoms with Crippen molar-refractivity contribution >= 4 is 5.91 Å². The summed E-state index contributed by atoms with van der Waals surface area (Å²) in [4.78, 5) is 13.9. The number of benzene rings is 1. The van der Waals surface area contributed by atoms with Crippen molar-refractivity contribution in [1.29, 1.82) is 0 Å². The Hall–Kier alpha value is -2.30. The highest BCUT2D eigenvalue weighted by Crippen LogP contribution is 2.23. The van der Waals surface area contributed by atoms with E-state index >= 15 is 0 Å². The molecule has 5 nitrogen and oxygen atoms in total. The average Bonchev–Trinajstić information content (AvgIpc) is 3.13. The number of carbonyl (C=O) groups is 1. The number of fused-ring (bicyclic) bond motifs is 1. The molecule has 116 valence electrons. The highest BCUT2D eigenvalue weighted by atomic mass is 16.5. The number of aromatic amines is 1. The van der Waals surface area contributed by atoms with Gasteiger partial charge in [0.05, 0.1) is 25.3 Å². The summed E-state index contributed by atoms with van der Waals surface area (Å²) in [6, 6.07) is 9.55. The van der Waals surface area contributed by atoms with Gasteiger partial charge in [0.15, 0.2) is 0 Å². The van der Waals surface area contributed by atoms with Crippen LogP contribution < -0.4 is 4.74 Å². The number of rotatable bonds is 6. The van der Waals surface area contributed by atoms with Crippen LogP contribution >= 0.6 is 0 Å². The molecule has 5 heteroatoms. The minimum Gasteiger partial charge on any atom is -0.493 e. The van der Waals surface area contributed by atoms with Crippen LogP contribution in [-0.2, 0) is 24.2 Å². The van der Waals surface area contributed by atoms with Gasteiger partial charge in [0.1, 0.15) is 5.75 Å². The largest absolute Gasteiger partial charge is 0.493 e. The molecule has 3 rings (SSSR count). The van der Waals surface area contributed by atoms with E-state index in [0.717, 1.165) is 24.3 Å². The molecule has 0 saturated carbocycles. The number of nitrogens with zero attached hydrogens (tertiary/aromatic N) is 2. The van der Waals surface area contributed by atoms with Crippen molar-refractivity contribution in [2.24, 2.45) is 0 Å². The normalized spacial score (nSPS) is 13.0. The van der Waals surface area contributed by atoms with E-state index in [1.54, 1.807) is 4.90 Å². The third-order valence-corrected chi connectivity index (χ3v) is 4.03. The quantitative estimate of drug-likeness (QED) is 0.890. The standard InChI is InChI=1S/C17H21N3O2/c1-20(12-16-14-8-5-9-15(14)18-19-16)17(21)10-11-22-13-6-3-2-4-7-13/h2-4,6-7H,5,8-12H2,1H3,(H,18,19). The summed E-state index contributed by atoms with van der Waals surface area (Å²) >= 11 is 0. The SMILES string of the molecule is CN(Cc1n[nH]c2c1CCC2)C(=O)CCOc1ccccc1. The Balaban J connectivity index is 1.47. The van der Waals surface area contributed by atoms with E-state index in [0.29, 0.717) is 19.6 Å². The van der Waals surface area contributed by atoms with Crippen LogP contribution in [0.2, 0.25) is 0 Å². The first-order chi connectivity index (χ1) is 10.7. The molecule has 22 heavy (non-hydrogen) atoms. The van der Waals surface area contributed by atoms with Crippen molar-refractivity contribution in [2.75, 3.05) is 13.7 Å². The van der Waals surface area contributed by atoms with Gasteiger partial charge in [-0.1, -0.05) is 18.2 Å². The number of ether oxygens (including phenoxy) is 1. The van der Waals surface area contributed by atoms with Crippen molar-refractivity contribution in [1.82, 2.24) is 15.1 Å². The van der Waals surface area contributed by atoms with Crippen molar-refractivity contribution in [3.63, 3.8) is 0 Å². The van der Waals surface area contributed by atoms with Gasteiger partial charge in [0.25, 0.3) is 0 Å². The summed E-state index contributed by atoms with van der Waals surface area (Å²) < 4.78 is 5.57. The second kappa shape index (κ2) is 6.64. The third-order valence-electron chi connectivity index (χ3n) is 4.03. The minimum atomic E-state index is 0.0747. The molecule has 0 saturated heterocycles. The lowest BCUT2D eigenvalue weighted by Gasteiger charge is -2.16. The van der Waals surface area contributed by atoms with Gasteiger partial charge in [0, 0.05) is 12.7 Å². The first-order valence-electron chi connectivity index (χ1n) is 7.71. The fourth-order valence-electron chi connectivity index (χ4n) is 2.80. The summed E-state index contributed by atoms with van der Waals surface area (Å²) in [5, 5.41) is 7.42. The zero-order chi connectivity index (χ0) is 15.4. The van der Waals surface area contributed by atoms with E-state index in [1.165, 1.54) is 17.7 Å². The Kier molecular flexibility index (Phi) is 4.42. The zero-order valence-corrected chi connectivity index (χ0v) is 12.8. The maximum atomic E-state index is 12.2. The second-order valence-electron chi connectivity index (χ2n) is 5.64. The Morgan fingerprint density at radius 2 is 2.14 bits per heavy atom. The molecule has 1 aliphatic carbocycles. The van der Waals surface area contributed by atoms with E-state index in [4.69, 9.17) is 4.74 Å². The van der Waals surface area contributed by atoms with Gasteiger partial charge in [-0.2, -0.15) is 5.10 Å². The molecule has 2 aromatic rings. The van der Waals surface area contributed by atoms with Gasteiger partial charge in [-0.15, -0.1) is 0 Å². The number of hydrogen-bond acceptors (Lipinski definition) is 3. The molecule has 0 atom stereocenters. The molecule has 0 aliphatic heterocycles. The predicted octanol–water partition coefficient (Wildman–Crippen LogP) is 2.33. The molecule has 0 fully saturated rings. The van der Waals surface area contributed by atoms with Crippen LogP contribution in [0.1, 0.15) is 29.8 Å². The number of hydrogen-bond donors (Lipinski definition) is 1. The van der Waals surface area contributed by atoms with Crippen LogP contribution in [0.15, 0.2) is 30.3 Å². The molecular formula is C17H21N3O2. The number of H-pyrrole nitrogens is 1. The summed E-state index contributed by atoms with van der Waals surface area (Å²) in [7, 11) is 1.82. The maximum absolute atomic E-state index is 12.2. The molecule has 1 N–H and O–H groups in total. The molecule has 0 radical (unpaired) electrons. The topological polar surface area (TPSA) is 58.2 Å². The van der Waals surface area contributed by atoms with Crippen LogP contribution in [0.5, 0.6) is 5.75 Å². The van der Waals surface area contributed by atoms with Crippen LogP contribution in [0, 0.1) is 0 Å². The van der Waals surface area contributed by atoms with Crippen LogP contribution in [-0.4, -0.2) is 34.7 Å². The van der Waals surface area contributed by atoms with E-state index in [1.807, 2.05) is 37.4 Å². The van der Waals surface area contributed by atoms with Gasteiger partial charge in [-0.05, 0) is 37.0 Å². The number of carbonyl (C=O) groups excluding carboxylic acids is 1. The number of aryl methyl sites for hydroxylation is 1. The van der Waals surface area contributed by atoms with Gasteiger partial charge in [-0.3, -0.25) is 9.89 Å². The molecule has 0 unspecified atom stereocenters. The lowest BCUT2D eigenvalue weighted by Crippen LogP contribution is -2.28. The van der Waals surface area contributed by atoms with Gasteiger partial charge < -0.3 is 9.64 Å². The lowest BCUT2D eigenvalue weighted by molar-refractivity contribution is -0.131. The first kappa shape index (κ1) is 14.6. The summed E-state index contributed by atoms with van der Waals surface area (Å²) in [5.74, 6) is 0.869. The first-order valence-corrected chi connectivity index (χ1v) is 7.71. The van der Waals surface area contributed by atoms with Crippen molar-refractivity contribution in [2.45, 2.75) is 32.2 Å². The Morgan fingerprint density at radius 1 is 1.32 bits per heavy atom. The van der Waals surface area contributed by atoms with Gasteiger partial charge in [-0.25, -0.2) is 0 Å². The fraction of sp³-hybridized carbons (Fsp3) is 0.412. The van der Waals surface area contributed by atoms with Gasteiger partial charge >= 0.3 is 0 Å². The molecule has 0 spiro atoms. The predicted molar refractivity (Wildman–Crippen MR) is 83.6 cm³/mol. The Labute approximate surface area is 130 Å². The molecule has 1 aliphatic rings. The number of amides is 1. The number of aromatic nitrogens is 2. The maximum Gasteiger partial charge on any atom is 0.226 e. The third kappa shape index (κ3) is 3.30. The van der Waals surface area contributed by atoms with Crippen LogP contribution in [0.4, 0.5) is 0 Å². The summed E-state index contributed by atoms with van der Waals surface area (Å²) in [6.45, 7) is 0.960. The van der Waals surface area contributed by atoms with Crippen molar-refractivity contribution in [3.8, 4) is 5.75 Å². The van der Waals surface area contributed by atoms with Crippen molar-refractivity contribution in [3.05, 3.63) is 47.3 Å². The minimum absolute atomic E-state index is 0.0747. The van der Waals surface area contributed by atoms with E-state index in [9.17, 15) is 4.79 Å². The van der Waals surface area contributed by atoms with Crippen LogP contribution in [0.25, 0.3) is 0 Å². The van der Waals surface area contributed by atoms with Gasteiger partial charge in [0.2, 0.25) is 5.91 Å². The second-order valence-corrected chi connectivity index (χ2v) is 5.64. The Bertz CT molecular complexity index is 637. The van der Waals surface area contributed by atoms with Crippen molar-refractivity contribution < 1.29 is 9.53 Å². The van der Waals surface area contributed by atoms with E-state index in [2.05, 4.69) is 10.2 Å². The van der Waals surface area contributed by atoms with Crippen LogP contribution in [0.3, 0.4) is 0 Å². The monoisotopic (exact) mass is 299 g/mol. The van der Waals surface area contributed by atoms with E-state index < -0.39 is 0 Å². The molecule has 1 amide bonds. The van der Waals surface area contributed by atoms with E-state index in [-0.39, 0.29) is 5.91 Å². The smallest absolute Gasteiger partial charge is 0.226 e. The zero-order valence-electron chi connectivity index (χ0n) is 12.8. The Morgan fingerprint density at radius 3 is 2.95 bits per heavy atom. The molecular weight excluding hydrogens is 278 g/mol. The summed E-state index contributed by atoms with van der Waals surface area (Å²) in [5.41, 5.74) is 3.55. The molecule has 1 heterocycles. The highest BCUT2D eigenvalue weighted by molar-refractivity contribution is 5.76. The fourth-order valence-corrected chi connectivity index (χ4v) is 2.80. The number of nitrogens with one attached hydrogen (secondary N) is 1.